The van der Waals surface area contributed by atoms with Crippen LogP contribution in [0.3, 0.4) is 0 Å². The summed E-state index contributed by atoms with van der Waals surface area (Å²) in [4.78, 5) is 27.4. The number of rotatable bonds is 5. The molecule has 0 unspecified atom stereocenters. The van der Waals surface area contributed by atoms with Gasteiger partial charge in [-0.3, -0.25) is 9.36 Å². The molecule has 1 fully saturated rings. The molecule has 1 heterocycles. The average Bonchev–Trinajstić information content (AvgIpc) is 2.58. The third-order valence-electron chi connectivity index (χ3n) is 4.93. The van der Waals surface area contributed by atoms with E-state index in [4.69, 9.17) is 5.11 Å². The number of carboxylic acid groups (broad SMARTS) is 1. The first kappa shape index (κ1) is 20.5. The summed E-state index contributed by atoms with van der Waals surface area (Å²) in [6.45, 7) is -0.0361. The van der Waals surface area contributed by atoms with Crippen LogP contribution in [-0.2, 0) is 17.8 Å². The van der Waals surface area contributed by atoms with E-state index in [1.54, 1.807) is 0 Å². The Kier molecular flexibility index (Phi) is 6.85. The summed E-state index contributed by atoms with van der Waals surface area (Å²) in [7, 11) is 0. The summed E-state index contributed by atoms with van der Waals surface area (Å²) in [5.74, 6) is -1.20. The van der Waals surface area contributed by atoms with Gasteiger partial charge in [0.05, 0.1) is 23.0 Å². The van der Waals surface area contributed by atoms with E-state index in [0.717, 1.165) is 25.7 Å². The first-order valence-corrected chi connectivity index (χ1v) is 8.63. The minimum Gasteiger partial charge on any atom is -0.504 e. The van der Waals surface area contributed by atoms with Crippen LogP contribution in [0.1, 0.15) is 44.2 Å². The predicted molar refractivity (Wildman–Crippen MR) is 107 cm³/mol. The van der Waals surface area contributed by atoms with Gasteiger partial charge in [0.25, 0.3) is 0 Å². The van der Waals surface area contributed by atoms with Crippen LogP contribution in [0.15, 0.2) is 16.9 Å². The van der Waals surface area contributed by atoms with E-state index in [0.29, 0.717) is 28.9 Å². The third kappa shape index (κ3) is 4.28. The van der Waals surface area contributed by atoms with Crippen LogP contribution in [0.5, 0.6) is 11.5 Å². The standard InChI is InChI=1S/C18H22N2O5.HI/c21-14-7-6-13-16(17(14)24)12(10-11-4-2-1-3-5-11)19-18(25)20(13)9-8-15(22)23;/h6-7,11,21,24H,1-5,8-10H2,(H,22,23);1H. The van der Waals surface area contributed by atoms with E-state index >= 15 is 0 Å². The molecule has 0 spiro atoms. The van der Waals surface area contributed by atoms with E-state index < -0.39 is 11.7 Å². The Hall–Kier alpha value is -1.84. The minimum absolute atomic E-state index is 0. The molecule has 0 aliphatic heterocycles. The highest BCUT2D eigenvalue weighted by atomic mass is 127. The van der Waals surface area contributed by atoms with Crippen LogP contribution in [0.2, 0.25) is 0 Å². The van der Waals surface area contributed by atoms with Gasteiger partial charge in [-0.25, -0.2) is 4.79 Å². The Balaban J connectivity index is 0.00000243. The van der Waals surface area contributed by atoms with Gasteiger partial charge in [-0.2, -0.15) is 4.98 Å². The molecular formula is C18H23IN2O5. The number of carbonyl (C=O) groups is 1. The first-order chi connectivity index (χ1) is 12.0. The molecular weight excluding hydrogens is 451 g/mol. The Labute approximate surface area is 167 Å². The molecule has 3 N–H and O–H groups in total. The fraction of sp³-hybridized carbons (Fsp3) is 0.500. The molecule has 7 nitrogen and oxygen atoms in total. The van der Waals surface area contributed by atoms with Gasteiger partial charge in [-0.15, -0.1) is 24.0 Å². The Bertz CT molecular complexity index is 859. The van der Waals surface area contributed by atoms with Crippen molar-refractivity contribution in [3.8, 4) is 11.5 Å². The molecule has 142 valence electrons. The van der Waals surface area contributed by atoms with Crippen molar-refractivity contribution >= 4 is 40.8 Å². The molecule has 1 saturated carbocycles. The lowest BCUT2D eigenvalue weighted by molar-refractivity contribution is -0.137. The quantitative estimate of drug-likeness (QED) is 0.454. The van der Waals surface area contributed by atoms with Gasteiger partial charge >= 0.3 is 11.7 Å². The molecule has 26 heavy (non-hydrogen) atoms. The number of aryl methyl sites for hydroxylation is 1. The van der Waals surface area contributed by atoms with E-state index in [2.05, 4.69) is 4.98 Å². The third-order valence-corrected chi connectivity index (χ3v) is 4.93. The molecule has 0 bridgehead atoms. The molecule has 0 atom stereocenters. The van der Waals surface area contributed by atoms with Crippen molar-refractivity contribution in [3.05, 3.63) is 28.3 Å². The highest BCUT2D eigenvalue weighted by Gasteiger charge is 2.21. The molecule has 1 aromatic heterocycles. The van der Waals surface area contributed by atoms with Crippen molar-refractivity contribution in [2.45, 2.75) is 51.5 Å². The number of benzene rings is 1. The number of carboxylic acids is 1. The molecule has 3 rings (SSSR count). The van der Waals surface area contributed by atoms with Crippen LogP contribution >= 0.6 is 24.0 Å². The topological polar surface area (TPSA) is 113 Å². The van der Waals surface area contributed by atoms with Gasteiger partial charge < -0.3 is 15.3 Å². The lowest BCUT2D eigenvalue weighted by atomic mass is 9.85. The Morgan fingerprint density at radius 2 is 1.88 bits per heavy atom. The van der Waals surface area contributed by atoms with Gasteiger partial charge in [0.2, 0.25) is 0 Å². The van der Waals surface area contributed by atoms with Crippen molar-refractivity contribution < 1.29 is 20.1 Å². The molecule has 0 radical (unpaired) electrons. The minimum atomic E-state index is -1.02. The first-order valence-electron chi connectivity index (χ1n) is 8.63. The summed E-state index contributed by atoms with van der Waals surface area (Å²) in [5.41, 5.74) is 0.360. The Morgan fingerprint density at radius 3 is 2.54 bits per heavy atom. The van der Waals surface area contributed by atoms with Crippen molar-refractivity contribution in [1.29, 1.82) is 0 Å². The van der Waals surface area contributed by atoms with Gasteiger partial charge in [-0.05, 0) is 24.5 Å². The van der Waals surface area contributed by atoms with Crippen LogP contribution in [0.4, 0.5) is 0 Å². The summed E-state index contributed by atoms with van der Waals surface area (Å²) < 4.78 is 1.24. The molecule has 1 aromatic carbocycles. The second-order valence-electron chi connectivity index (χ2n) is 6.67. The monoisotopic (exact) mass is 474 g/mol. The van der Waals surface area contributed by atoms with Crippen LogP contribution < -0.4 is 5.69 Å². The van der Waals surface area contributed by atoms with E-state index in [-0.39, 0.29) is 48.4 Å². The summed E-state index contributed by atoms with van der Waals surface area (Å²) >= 11 is 0. The van der Waals surface area contributed by atoms with E-state index in [9.17, 15) is 19.8 Å². The summed E-state index contributed by atoms with van der Waals surface area (Å²) in [5, 5.41) is 29.4. The summed E-state index contributed by atoms with van der Waals surface area (Å²) in [6, 6.07) is 2.83. The normalized spacial score (nSPS) is 14.9. The second-order valence-corrected chi connectivity index (χ2v) is 6.67. The second kappa shape index (κ2) is 8.70. The van der Waals surface area contributed by atoms with Gasteiger partial charge in [-0.1, -0.05) is 32.1 Å². The summed E-state index contributed by atoms with van der Waals surface area (Å²) in [6.07, 6.45) is 5.98. The largest absolute Gasteiger partial charge is 0.504 e. The number of hydrogen-bond donors (Lipinski definition) is 3. The lowest BCUT2D eigenvalue weighted by Gasteiger charge is -2.22. The van der Waals surface area contributed by atoms with Gasteiger partial charge in [0.1, 0.15) is 0 Å². The van der Waals surface area contributed by atoms with Gasteiger partial charge in [0.15, 0.2) is 11.5 Å². The van der Waals surface area contributed by atoms with E-state index in [1.165, 1.54) is 23.1 Å². The predicted octanol–water partition coefficient (Wildman–Crippen LogP) is 3.02. The van der Waals surface area contributed by atoms with Crippen LogP contribution in [-0.4, -0.2) is 30.8 Å². The number of phenols is 2. The number of halogens is 1. The van der Waals surface area contributed by atoms with Gasteiger partial charge in [0, 0.05) is 6.54 Å². The van der Waals surface area contributed by atoms with E-state index in [1.807, 2.05) is 0 Å². The molecule has 0 amide bonds. The molecule has 8 heteroatoms. The number of fused-ring (bicyclic) bond motifs is 1. The van der Waals surface area contributed by atoms with Crippen molar-refractivity contribution in [1.82, 2.24) is 9.55 Å². The lowest BCUT2D eigenvalue weighted by Crippen LogP contribution is -2.27. The van der Waals surface area contributed by atoms with Crippen molar-refractivity contribution in [3.63, 3.8) is 0 Å². The zero-order valence-electron chi connectivity index (χ0n) is 14.3. The number of phenolic OH excluding ortho intramolecular Hbond substituents is 2. The molecule has 0 saturated heterocycles. The molecule has 1 aliphatic carbocycles. The maximum absolute atomic E-state index is 12.4. The fourth-order valence-electron chi connectivity index (χ4n) is 3.65. The average molecular weight is 474 g/mol. The smallest absolute Gasteiger partial charge is 0.348 e. The number of aromatic nitrogens is 2. The van der Waals surface area contributed by atoms with Crippen LogP contribution in [0, 0.1) is 5.92 Å². The van der Waals surface area contributed by atoms with Crippen LogP contribution in [0.25, 0.3) is 10.9 Å². The molecule has 1 aliphatic rings. The fourth-order valence-corrected chi connectivity index (χ4v) is 3.65. The highest BCUT2D eigenvalue weighted by molar-refractivity contribution is 14.0. The van der Waals surface area contributed by atoms with Crippen molar-refractivity contribution in [2.24, 2.45) is 5.92 Å². The van der Waals surface area contributed by atoms with Crippen molar-refractivity contribution in [2.75, 3.05) is 0 Å². The maximum atomic E-state index is 12.4. The molecule has 2 aromatic rings. The maximum Gasteiger partial charge on any atom is 0.348 e. The SMILES string of the molecule is I.O=C(O)CCn1c(=O)nc(CC2CCCCC2)c2c(O)c(O)ccc21. The zero-order chi connectivity index (χ0) is 18.0. The Morgan fingerprint density at radius 1 is 1.19 bits per heavy atom. The number of nitrogens with zero attached hydrogens (tertiary/aromatic N) is 2. The number of hydrogen-bond acceptors (Lipinski definition) is 5. The number of aliphatic carboxylic acids is 1. The highest BCUT2D eigenvalue weighted by Crippen LogP contribution is 2.36. The number of aromatic hydroxyl groups is 2. The zero-order valence-corrected chi connectivity index (χ0v) is 16.7.